The van der Waals surface area contributed by atoms with Crippen LogP contribution in [0.3, 0.4) is 0 Å². The van der Waals surface area contributed by atoms with Gasteiger partial charge in [0.15, 0.2) is 17.3 Å². The van der Waals surface area contributed by atoms with E-state index in [0.717, 1.165) is 22.3 Å². The fourth-order valence-corrected chi connectivity index (χ4v) is 4.46. The number of Topliss-reactive ketones (excluding diaryl/α,β-unsaturated/α-hetero) is 1. The van der Waals surface area contributed by atoms with Crippen molar-refractivity contribution >= 4 is 5.78 Å². The summed E-state index contributed by atoms with van der Waals surface area (Å²) in [5.74, 6) is 2.44. The maximum atomic E-state index is 13.7. The molecule has 0 bridgehead atoms. The van der Waals surface area contributed by atoms with Crippen molar-refractivity contribution in [2.75, 3.05) is 6.54 Å². The van der Waals surface area contributed by atoms with E-state index in [1.165, 1.54) is 0 Å². The first-order valence-electron chi connectivity index (χ1n) is 13.5. The van der Waals surface area contributed by atoms with E-state index >= 15 is 0 Å². The van der Waals surface area contributed by atoms with Crippen LogP contribution in [0.2, 0.25) is 0 Å². The highest BCUT2D eigenvalue weighted by atomic mass is 16.5. The summed E-state index contributed by atoms with van der Waals surface area (Å²) >= 11 is 0. The van der Waals surface area contributed by atoms with Crippen molar-refractivity contribution in [2.45, 2.75) is 26.9 Å². The molecular weight excluding hydrogens is 494 g/mol. The molecule has 40 heavy (non-hydrogen) atoms. The summed E-state index contributed by atoms with van der Waals surface area (Å²) in [7, 11) is 0. The Bertz CT molecular complexity index is 1490. The maximum absolute atomic E-state index is 13.7. The first-order valence-corrected chi connectivity index (χ1v) is 13.5. The third-order valence-electron chi connectivity index (χ3n) is 6.63. The highest BCUT2D eigenvalue weighted by molar-refractivity contribution is 5.98. The molecule has 0 spiro atoms. The van der Waals surface area contributed by atoms with E-state index in [1.54, 1.807) is 6.07 Å². The molecule has 4 heteroatoms. The van der Waals surface area contributed by atoms with Crippen LogP contribution in [-0.4, -0.2) is 17.2 Å². The highest BCUT2D eigenvalue weighted by Gasteiger charge is 2.17. The molecule has 0 aliphatic heterocycles. The number of rotatable bonds is 11. The van der Waals surface area contributed by atoms with Gasteiger partial charge < -0.3 is 9.47 Å². The predicted molar refractivity (Wildman–Crippen MR) is 160 cm³/mol. The summed E-state index contributed by atoms with van der Waals surface area (Å²) < 4.78 is 12.4. The van der Waals surface area contributed by atoms with Crippen LogP contribution in [0, 0.1) is 13.8 Å². The van der Waals surface area contributed by atoms with Crippen molar-refractivity contribution in [1.82, 2.24) is 4.90 Å². The minimum atomic E-state index is 0.0162. The van der Waals surface area contributed by atoms with Crippen molar-refractivity contribution < 1.29 is 14.3 Å². The van der Waals surface area contributed by atoms with E-state index in [2.05, 4.69) is 29.2 Å². The molecule has 200 valence electrons. The van der Waals surface area contributed by atoms with Crippen LogP contribution in [0.25, 0.3) is 0 Å². The van der Waals surface area contributed by atoms with Gasteiger partial charge in [-0.3, -0.25) is 9.69 Å². The van der Waals surface area contributed by atoms with Crippen LogP contribution >= 0.6 is 0 Å². The van der Waals surface area contributed by atoms with Crippen LogP contribution in [0.1, 0.15) is 32.6 Å². The van der Waals surface area contributed by atoms with Crippen molar-refractivity contribution in [2.24, 2.45) is 0 Å². The summed E-state index contributed by atoms with van der Waals surface area (Å²) in [6, 6.07) is 41.6. The monoisotopic (exact) mass is 527 g/mol. The SMILES string of the molecule is Cc1ccc(Oc2ccc(C(=O)CN(Cc3ccccc3)Cc3ccccc3)cc2Oc2ccc(C)cc2)cc1. The normalized spacial score (nSPS) is 10.9. The van der Waals surface area contributed by atoms with E-state index in [-0.39, 0.29) is 12.3 Å². The van der Waals surface area contributed by atoms with Crippen LogP contribution in [0.5, 0.6) is 23.0 Å². The topological polar surface area (TPSA) is 38.8 Å². The van der Waals surface area contributed by atoms with Crippen molar-refractivity contribution in [3.63, 3.8) is 0 Å². The Labute approximate surface area is 236 Å². The number of ketones is 1. The third-order valence-corrected chi connectivity index (χ3v) is 6.63. The van der Waals surface area contributed by atoms with Gasteiger partial charge in [0, 0.05) is 18.7 Å². The lowest BCUT2D eigenvalue weighted by molar-refractivity contribution is 0.0920. The Kier molecular flexibility index (Phi) is 8.69. The zero-order chi connectivity index (χ0) is 27.7. The lowest BCUT2D eigenvalue weighted by Crippen LogP contribution is -2.29. The lowest BCUT2D eigenvalue weighted by atomic mass is 10.1. The largest absolute Gasteiger partial charge is 0.453 e. The van der Waals surface area contributed by atoms with Gasteiger partial charge in [0.2, 0.25) is 0 Å². The molecule has 0 aliphatic carbocycles. The molecule has 0 amide bonds. The van der Waals surface area contributed by atoms with Gasteiger partial charge in [-0.05, 0) is 67.4 Å². The maximum Gasteiger partial charge on any atom is 0.176 e. The molecule has 0 radical (unpaired) electrons. The van der Waals surface area contributed by atoms with Gasteiger partial charge in [-0.15, -0.1) is 0 Å². The van der Waals surface area contributed by atoms with Crippen molar-refractivity contribution in [1.29, 1.82) is 0 Å². The predicted octanol–water partition coefficient (Wildman–Crippen LogP) is 8.77. The van der Waals surface area contributed by atoms with Crippen molar-refractivity contribution in [3.8, 4) is 23.0 Å². The molecule has 0 atom stereocenters. The fraction of sp³-hybridized carbons (Fsp3) is 0.139. The number of hydrogen-bond acceptors (Lipinski definition) is 4. The second-order valence-corrected chi connectivity index (χ2v) is 10.0. The summed E-state index contributed by atoms with van der Waals surface area (Å²) in [5.41, 5.74) is 5.20. The molecule has 4 nitrogen and oxygen atoms in total. The number of hydrogen-bond donors (Lipinski definition) is 0. The molecular formula is C36H33NO3. The van der Waals surface area contributed by atoms with E-state index in [0.29, 0.717) is 41.7 Å². The first kappa shape index (κ1) is 26.9. The molecule has 0 aromatic heterocycles. The Morgan fingerprint density at radius 2 is 1.05 bits per heavy atom. The molecule has 0 N–H and O–H groups in total. The number of benzene rings is 5. The molecule has 0 unspecified atom stereocenters. The molecule has 5 aromatic rings. The van der Waals surface area contributed by atoms with E-state index in [9.17, 15) is 4.79 Å². The summed E-state index contributed by atoms with van der Waals surface area (Å²) in [6.45, 7) is 5.68. The van der Waals surface area contributed by atoms with Gasteiger partial charge in [-0.2, -0.15) is 0 Å². The van der Waals surface area contributed by atoms with Gasteiger partial charge in [-0.1, -0.05) is 96.1 Å². The Balaban J connectivity index is 1.41. The zero-order valence-corrected chi connectivity index (χ0v) is 22.9. The molecule has 5 aromatic carbocycles. The van der Waals surface area contributed by atoms with Crippen LogP contribution in [-0.2, 0) is 13.1 Å². The van der Waals surface area contributed by atoms with Gasteiger partial charge in [0.25, 0.3) is 0 Å². The van der Waals surface area contributed by atoms with Gasteiger partial charge in [0.1, 0.15) is 11.5 Å². The van der Waals surface area contributed by atoms with E-state index < -0.39 is 0 Å². The minimum absolute atomic E-state index is 0.0162. The zero-order valence-electron chi connectivity index (χ0n) is 22.9. The van der Waals surface area contributed by atoms with Gasteiger partial charge in [0.05, 0.1) is 6.54 Å². The molecule has 0 heterocycles. The molecule has 0 saturated carbocycles. The number of nitrogens with zero attached hydrogens (tertiary/aromatic N) is 1. The molecule has 5 rings (SSSR count). The van der Waals surface area contributed by atoms with Crippen molar-refractivity contribution in [3.05, 3.63) is 155 Å². The summed E-state index contributed by atoms with van der Waals surface area (Å²) in [5, 5.41) is 0. The van der Waals surface area contributed by atoms with E-state index in [4.69, 9.17) is 9.47 Å². The smallest absolute Gasteiger partial charge is 0.176 e. The number of carbonyl (C=O) groups excluding carboxylic acids is 1. The average molecular weight is 528 g/mol. The molecule has 0 saturated heterocycles. The number of ether oxygens (including phenoxy) is 2. The van der Waals surface area contributed by atoms with Crippen LogP contribution in [0.4, 0.5) is 0 Å². The standard InChI is InChI=1S/C36H33NO3/c1-27-13-18-32(19-14-27)39-35-22-17-31(23-36(35)40-33-20-15-28(2)16-21-33)34(38)26-37(24-29-9-5-3-6-10-29)25-30-11-7-4-8-12-30/h3-23H,24-26H2,1-2H3. The highest BCUT2D eigenvalue weighted by Crippen LogP contribution is 2.36. The molecule has 0 aliphatic rings. The summed E-state index contributed by atoms with van der Waals surface area (Å²) in [4.78, 5) is 15.8. The van der Waals surface area contributed by atoms with Gasteiger partial charge >= 0.3 is 0 Å². The number of carbonyl (C=O) groups is 1. The minimum Gasteiger partial charge on any atom is -0.453 e. The Morgan fingerprint density at radius 3 is 1.55 bits per heavy atom. The average Bonchev–Trinajstić information content (AvgIpc) is 2.97. The molecule has 0 fully saturated rings. The summed E-state index contributed by atoms with van der Waals surface area (Å²) in [6.07, 6.45) is 0. The second-order valence-electron chi connectivity index (χ2n) is 10.0. The Morgan fingerprint density at radius 1 is 0.575 bits per heavy atom. The third kappa shape index (κ3) is 7.46. The quantitative estimate of drug-likeness (QED) is 0.161. The van der Waals surface area contributed by atoms with Gasteiger partial charge in [-0.25, -0.2) is 0 Å². The van der Waals surface area contributed by atoms with Crippen LogP contribution < -0.4 is 9.47 Å². The number of aryl methyl sites for hydroxylation is 2. The Hall–Kier alpha value is -4.67. The first-order chi connectivity index (χ1) is 19.5. The van der Waals surface area contributed by atoms with E-state index in [1.807, 2.05) is 111 Å². The van der Waals surface area contributed by atoms with Crippen LogP contribution in [0.15, 0.2) is 127 Å². The fourth-order valence-electron chi connectivity index (χ4n) is 4.46. The second kappa shape index (κ2) is 12.9. The lowest BCUT2D eigenvalue weighted by Gasteiger charge is -2.22.